The third kappa shape index (κ3) is 4.24. The predicted molar refractivity (Wildman–Crippen MR) is 78.2 cm³/mol. The van der Waals surface area contributed by atoms with Crippen molar-refractivity contribution in [1.82, 2.24) is 0 Å². The Balaban J connectivity index is 1.98. The van der Waals surface area contributed by atoms with Gasteiger partial charge in [0, 0.05) is 6.42 Å². The Morgan fingerprint density at radius 1 is 1.26 bits per heavy atom. The van der Waals surface area contributed by atoms with E-state index in [0.29, 0.717) is 12.2 Å². The van der Waals surface area contributed by atoms with E-state index in [-0.39, 0.29) is 0 Å². The Hall–Kier alpha value is -1.02. The highest BCUT2D eigenvalue weighted by Gasteiger charge is 2.30. The summed E-state index contributed by atoms with van der Waals surface area (Å²) in [7, 11) is 0. The van der Waals surface area contributed by atoms with Crippen molar-refractivity contribution in [3.05, 3.63) is 29.8 Å². The summed E-state index contributed by atoms with van der Waals surface area (Å²) >= 11 is 0. The lowest BCUT2D eigenvalue weighted by atomic mass is 9.86. The molecule has 0 heterocycles. The number of hydrogen-bond acceptors (Lipinski definition) is 2. The standard InChI is InChI=1S/C17H26O2/c1-2-5-14-7-4-10-17(19,11-9-14)13-15-6-3-8-16(18)12-15/h3,6,8,12,14,18-19H,2,4-5,7,9-11,13H2,1H3. The molecule has 2 N–H and O–H groups in total. The minimum atomic E-state index is -0.573. The summed E-state index contributed by atoms with van der Waals surface area (Å²) in [6.07, 6.45) is 8.52. The number of phenols is 1. The van der Waals surface area contributed by atoms with E-state index in [1.54, 1.807) is 12.1 Å². The van der Waals surface area contributed by atoms with Crippen LogP contribution in [0.1, 0.15) is 57.4 Å². The van der Waals surface area contributed by atoms with Crippen molar-refractivity contribution in [3.63, 3.8) is 0 Å². The van der Waals surface area contributed by atoms with Gasteiger partial charge in [0.2, 0.25) is 0 Å². The number of aliphatic hydroxyl groups is 1. The fourth-order valence-electron chi connectivity index (χ4n) is 3.38. The van der Waals surface area contributed by atoms with Crippen LogP contribution in [0.4, 0.5) is 0 Å². The summed E-state index contributed by atoms with van der Waals surface area (Å²) in [5.74, 6) is 1.08. The van der Waals surface area contributed by atoms with Crippen molar-refractivity contribution >= 4 is 0 Å². The molecule has 0 radical (unpaired) electrons. The quantitative estimate of drug-likeness (QED) is 0.804. The van der Waals surface area contributed by atoms with Crippen LogP contribution in [0.5, 0.6) is 5.75 Å². The van der Waals surface area contributed by atoms with Gasteiger partial charge in [-0.2, -0.15) is 0 Å². The summed E-state index contributed by atoms with van der Waals surface area (Å²) in [5, 5.41) is 20.3. The molecule has 0 aromatic heterocycles. The second-order valence-corrected chi connectivity index (χ2v) is 6.16. The molecule has 1 aromatic rings. The van der Waals surface area contributed by atoms with Crippen LogP contribution in [0.25, 0.3) is 0 Å². The second kappa shape index (κ2) is 6.42. The summed E-state index contributed by atoms with van der Waals surface area (Å²) in [4.78, 5) is 0. The molecule has 1 aromatic carbocycles. The smallest absolute Gasteiger partial charge is 0.115 e. The van der Waals surface area contributed by atoms with Crippen molar-refractivity contribution in [3.8, 4) is 5.75 Å². The second-order valence-electron chi connectivity index (χ2n) is 6.16. The van der Waals surface area contributed by atoms with Gasteiger partial charge in [0.1, 0.15) is 5.75 Å². The molecule has 0 spiro atoms. The largest absolute Gasteiger partial charge is 0.508 e. The van der Waals surface area contributed by atoms with Gasteiger partial charge in [-0.1, -0.05) is 44.7 Å². The number of aromatic hydroxyl groups is 1. The molecule has 0 aliphatic heterocycles. The van der Waals surface area contributed by atoms with E-state index in [4.69, 9.17) is 0 Å². The van der Waals surface area contributed by atoms with Gasteiger partial charge >= 0.3 is 0 Å². The monoisotopic (exact) mass is 262 g/mol. The number of benzene rings is 1. The molecule has 106 valence electrons. The van der Waals surface area contributed by atoms with Gasteiger partial charge in [0.15, 0.2) is 0 Å². The van der Waals surface area contributed by atoms with Crippen molar-refractivity contribution in [2.75, 3.05) is 0 Å². The highest BCUT2D eigenvalue weighted by atomic mass is 16.3. The van der Waals surface area contributed by atoms with E-state index >= 15 is 0 Å². The zero-order chi connectivity index (χ0) is 13.7. The molecule has 0 saturated heterocycles. The van der Waals surface area contributed by atoms with E-state index in [1.165, 1.54) is 19.3 Å². The minimum Gasteiger partial charge on any atom is -0.508 e. The van der Waals surface area contributed by atoms with Crippen LogP contribution in [0.2, 0.25) is 0 Å². The van der Waals surface area contributed by atoms with Crippen LogP contribution >= 0.6 is 0 Å². The Labute approximate surface area is 116 Å². The zero-order valence-corrected chi connectivity index (χ0v) is 11.9. The van der Waals surface area contributed by atoms with E-state index < -0.39 is 5.60 Å². The summed E-state index contributed by atoms with van der Waals surface area (Å²) < 4.78 is 0. The van der Waals surface area contributed by atoms with Crippen molar-refractivity contribution < 1.29 is 10.2 Å². The maximum absolute atomic E-state index is 10.8. The summed E-state index contributed by atoms with van der Waals surface area (Å²) in [6, 6.07) is 7.29. The third-order valence-electron chi connectivity index (χ3n) is 4.41. The first-order valence-electron chi connectivity index (χ1n) is 7.61. The van der Waals surface area contributed by atoms with Gasteiger partial charge in [-0.3, -0.25) is 0 Å². The van der Waals surface area contributed by atoms with Gasteiger partial charge in [0.25, 0.3) is 0 Å². The maximum Gasteiger partial charge on any atom is 0.115 e. The summed E-state index contributed by atoms with van der Waals surface area (Å²) in [5.41, 5.74) is 0.465. The highest BCUT2D eigenvalue weighted by Crippen LogP contribution is 2.35. The molecule has 1 aliphatic rings. The first kappa shape index (κ1) is 14.4. The maximum atomic E-state index is 10.8. The molecule has 2 unspecified atom stereocenters. The molecule has 2 rings (SSSR count). The first-order chi connectivity index (χ1) is 9.11. The normalized spacial score (nSPS) is 28.0. The molecule has 19 heavy (non-hydrogen) atoms. The molecule has 2 atom stereocenters. The van der Waals surface area contributed by atoms with Gasteiger partial charge < -0.3 is 10.2 Å². The molecule has 2 nitrogen and oxygen atoms in total. The van der Waals surface area contributed by atoms with E-state index in [2.05, 4.69) is 6.92 Å². The first-order valence-corrected chi connectivity index (χ1v) is 7.61. The topological polar surface area (TPSA) is 40.5 Å². The number of hydrogen-bond donors (Lipinski definition) is 2. The Morgan fingerprint density at radius 3 is 2.84 bits per heavy atom. The van der Waals surface area contributed by atoms with Crippen LogP contribution in [-0.2, 0) is 6.42 Å². The van der Waals surface area contributed by atoms with Crippen molar-refractivity contribution in [1.29, 1.82) is 0 Å². The molecule has 1 fully saturated rings. The number of phenolic OH excluding ortho intramolecular Hbond substituents is 1. The van der Waals surface area contributed by atoms with Crippen LogP contribution < -0.4 is 0 Å². The Morgan fingerprint density at radius 2 is 2.11 bits per heavy atom. The summed E-state index contributed by atoms with van der Waals surface area (Å²) in [6.45, 7) is 2.24. The SMILES string of the molecule is CCCC1CCCC(O)(Cc2cccc(O)c2)CC1. The van der Waals surface area contributed by atoms with Gasteiger partial charge in [-0.15, -0.1) is 0 Å². The molecule has 0 amide bonds. The third-order valence-corrected chi connectivity index (χ3v) is 4.41. The fourth-order valence-corrected chi connectivity index (χ4v) is 3.38. The van der Waals surface area contributed by atoms with Gasteiger partial charge in [-0.05, 0) is 42.9 Å². The molecule has 0 bridgehead atoms. The lowest BCUT2D eigenvalue weighted by Crippen LogP contribution is -2.30. The highest BCUT2D eigenvalue weighted by molar-refractivity contribution is 5.28. The van der Waals surface area contributed by atoms with E-state index in [0.717, 1.165) is 37.2 Å². The van der Waals surface area contributed by atoms with Crippen molar-refractivity contribution in [2.24, 2.45) is 5.92 Å². The van der Waals surface area contributed by atoms with E-state index in [1.807, 2.05) is 12.1 Å². The molecular weight excluding hydrogens is 236 g/mol. The Kier molecular flexibility index (Phi) is 4.87. The Bertz CT molecular complexity index is 402. The van der Waals surface area contributed by atoms with E-state index in [9.17, 15) is 10.2 Å². The molecular formula is C17H26O2. The lowest BCUT2D eigenvalue weighted by Gasteiger charge is -2.27. The van der Waals surface area contributed by atoms with Crippen LogP contribution in [0.3, 0.4) is 0 Å². The van der Waals surface area contributed by atoms with Crippen molar-refractivity contribution in [2.45, 2.75) is 63.9 Å². The van der Waals surface area contributed by atoms with Gasteiger partial charge in [0.05, 0.1) is 5.60 Å². The average molecular weight is 262 g/mol. The molecule has 1 saturated carbocycles. The average Bonchev–Trinajstić information content (AvgIpc) is 2.53. The predicted octanol–water partition coefficient (Wildman–Crippen LogP) is 4.05. The molecule has 2 heteroatoms. The zero-order valence-electron chi connectivity index (χ0n) is 11.9. The van der Waals surface area contributed by atoms with Crippen LogP contribution in [0.15, 0.2) is 24.3 Å². The van der Waals surface area contributed by atoms with Crippen LogP contribution in [-0.4, -0.2) is 15.8 Å². The molecule has 1 aliphatic carbocycles. The number of rotatable bonds is 4. The van der Waals surface area contributed by atoms with Crippen LogP contribution in [0, 0.1) is 5.92 Å². The lowest BCUT2D eigenvalue weighted by molar-refractivity contribution is 0.0241. The fraction of sp³-hybridized carbons (Fsp3) is 0.647. The minimum absolute atomic E-state index is 0.290. The van der Waals surface area contributed by atoms with Gasteiger partial charge in [-0.25, -0.2) is 0 Å².